The number of fused-ring (bicyclic) bond motifs is 1. The molecule has 1 N–H and O–H groups in total. The summed E-state index contributed by atoms with van der Waals surface area (Å²) >= 11 is 0. The third-order valence-corrected chi connectivity index (χ3v) is 5.60. The highest BCUT2D eigenvalue weighted by Gasteiger charge is 2.17. The second kappa shape index (κ2) is 9.23. The van der Waals surface area contributed by atoms with Gasteiger partial charge in [0.25, 0.3) is 0 Å². The molecule has 154 valence electrons. The minimum absolute atomic E-state index is 0.360. The van der Waals surface area contributed by atoms with Crippen molar-refractivity contribution in [2.75, 3.05) is 0 Å². The Balaban J connectivity index is 1.38. The average Bonchev–Trinajstić information content (AvgIpc) is 3.18. The number of benzene rings is 2. The molecule has 2 heterocycles. The maximum atomic E-state index is 10.5. The highest BCUT2D eigenvalue weighted by molar-refractivity contribution is 5.79. The van der Waals surface area contributed by atoms with Crippen LogP contribution in [0.2, 0.25) is 0 Å². The Morgan fingerprint density at radius 1 is 0.933 bits per heavy atom. The summed E-state index contributed by atoms with van der Waals surface area (Å²) in [5.74, 6) is 0.360. The predicted octanol–water partition coefficient (Wildman–Crippen LogP) is 6.34. The third kappa shape index (κ3) is 4.60. The van der Waals surface area contributed by atoms with E-state index in [0.717, 1.165) is 31.2 Å². The Bertz CT molecular complexity index is 1100. The van der Waals surface area contributed by atoms with Crippen molar-refractivity contribution in [1.82, 2.24) is 9.97 Å². The fraction of sp³-hybridized carbons (Fsp3) is 0.308. The Morgan fingerprint density at radius 2 is 1.70 bits per heavy atom. The zero-order valence-electron chi connectivity index (χ0n) is 17.6. The minimum Gasteiger partial charge on any atom is -0.436 e. The Morgan fingerprint density at radius 3 is 2.47 bits per heavy atom. The van der Waals surface area contributed by atoms with E-state index in [1.54, 1.807) is 0 Å². The normalized spacial score (nSPS) is 12.4. The molecule has 2 aromatic carbocycles. The lowest BCUT2D eigenvalue weighted by Gasteiger charge is -2.08. The minimum atomic E-state index is -0.695. The predicted molar refractivity (Wildman–Crippen MR) is 120 cm³/mol. The smallest absolute Gasteiger partial charge is 0.225 e. The number of hydrogen-bond donors (Lipinski definition) is 1. The van der Waals surface area contributed by atoms with Crippen molar-refractivity contribution in [2.45, 2.75) is 52.1 Å². The van der Waals surface area contributed by atoms with Crippen LogP contribution in [0.3, 0.4) is 0 Å². The van der Waals surface area contributed by atoms with Crippen molar-refractivity contribution in [2.24, 2.45) is 0 Å². The van der Waals surface area contributed by atoms with Crippen molar-refractivity contribution >= 4 is 11.2 Å². The van der Waals surface area contributed by atoms with Gasteiger partial charge in [-0.2, -0.15) is 4.98 Å². The molecule has 1 atom stereocenters. The van der Waals surface area contributed by atoms with Crippen LogP contribution in [-0.4, -0.2) is 15.1 Å². The molecule has 0 fully saturated rings. The monoisotopic (exact) mass is 400 g/mol. The number of nitrogens with zero attached hydrogens (tertiary/aromatic N) is 2. The summed E-state index contributed by atoms with van der Waals surface area (Å²) in [6.45, 7) is 4.19. The summed E-state index contributed by atoms with van der Waals surface area (Å²) < 4.78 is 5.87. The number of rotatable bonds is 8. The number of aromatic nitrogens is 2. The summed E-state index contributed by atoms with van der Waals surface area (Å²) in [4.78, 5) is 8.88. The van der Waals surface area contributed by atoms with Crippen LogP contribution in [0.15, 0.2) is 65.2 Å². The lowest BCUT2D eigenvalue weighted by atomic mass is 9.97. The van der Waals surface area contributed by atoms with Gasteiger partial charge in [-0.15, -0.1) is 0 Å². The summed E-state index contributed by atoms with van der Waals surface area (Å²) in [5.41, 5.74) is 7.11. The molecule has 4 rings (SSSR count). The average molecular weight is 401 g/mol. The van der Waals surface area contributed by atoms with Gasteiger partial charge in [0.05, 0.1) is 0 Å². The van der Waals surface area contributed by atoms with Gasteiger partial charge in [-0.05, 0) is 61.4 Å². The summed E-state index contributed by atoms with van der Waals surface area (Å²) in [5, 5.41) is 10.5. The van der Waals surface area contributed by atoms with Crippen LogP contribution in [0.1, 0.15) is 54.4 Å². The first kappa shape index (κ1) is 20.3. The zero-order valence-corrected chi connectivity index (χ0v) is 17.6. The van der Waals surface area contributed by atoms with Gasteiger partial charge in [-0.3, -0.25) is 0 Å². The van der Waals surface area contributed by atoms with Crippen LogP contribution >= 0.6 is 0 Å². The van der Waals surface area contributed by atoms with Crippen molar-refractivity contribution in [3.63, 3.8) is 0 Å². The molecule has 0 amide bonds. The topological polar surface area (TPSA) is 59.2 Å². The first-order valence-corrected chi connectivity index (χ1v) is 10.7. The van der Waals surface area contributed by atoms with Crippen molar-refractivity contribution in [3.05, 3.63) is 83.4 Å². The van der Waals surface area contributed by atoms with Crippen LogP contribution in [0.4, 0.5) is 0 Å². The van der Waals surface area contributed by atoms with E-state index >= 15 is 0 Å². The lowest BCUT2D eigenvalue weighted by molar-refractivity contribution is 0.133. The van der Waals surface area contributed by atoms with Gasteiger partial charge in [-0.1, -0.05) is 61.4 Å². The highest BCUT2D eigenvalue weighted by atomic mass is 16.4. The van der Waals surface area contributed by atoms with Crippen molar-refractivity contribution < 1.29 is 9.52 Å². The summed E-state index contributed by atoms with van der Waals surface area (Å²) in [6, 6.07) is 18.7. The first-order chi connectivity index (χ1) is 14.6. The summed E-state index contributed by atoms with van der Waals surface area (Å²) in [7, 11) is 0. The molecule has 30 heavy (non-hydrogen) atoms. The van der Waals surface area contributed by atoms with Crippen LogP contribution in [0.25, 0.3) is 22.4 Å². The molecule has 0 saturated heterocycles. The van der Waals surface area contributed by atoms with Crippen LogP contribution in [-0.2, 0) is 6.42 Å². The molecule has 4 aromatic rings. The van der Waals surface area contributed by atoms with E-state index in [0.29, 0.717) is 23.5 Å². The molecule has 2 aromatic heterocycles. The van der Waals surface area contributed by atoms with E-state index < -0.39 is 6.10 Å². The fourth-order valence-electron chi connectivity index (χ4n) is 4.00. The van der Waals surface area contributed by atoms with Crippen LogP contribution in [0.5, 0.6) is 0 Å². The number of pyridine rings is 1. The maximum absolute atomic E-state index is 10.5. The van der Waals surface area contributed by atoms with Gasteiger partial charge >= 0.3 is 0 Å². The van der Waals surface area contributed by atoms with Crippen molar-refractivity contribution in [1.29, 1.82) is 0 Å². The van der Waals surface area contributed by atoms with Gasteiger partial charge < -0.3 is 9.52 Å². The van der Waals surface area contributed by atoms with E-state index in [1.165, 1.54) is 22.3 Å². The van der Waals surface area contributed by atoms with E-state index in [1.807, 2.05) is 18.3 Å². The molecule has 4 heteroatoms. The number of hydrogen-bond acceptors (Lipinski definition) is 4. The largest absolute Gasteiger partial charge is 0.436 e. The highest BCUT2D eigenvalue weighted by Crippen LogP contribution is 2.30. The third-order valence-electron chi connectivity index (χ3n) is 5.60. The van der Waals surface area contributed by atoms with Gasteiger partial charge in [-0.25, -0.2) is 4.98 Å². The van der Waals surface area contributed by atoms with Gasteiger partial charge in [0.2, 0.25) is 5.89 Å². The summed E-state index contributed by atoms with van der Waals surface area (Å²) in [6.07, 6.45) is 5.98. The quantitative estimate of drug-likeness (QED) is 0.350. The second-order valence-electron chi connectivity index (χ2n) is 7.97. The molecule has 4 nitrogen and oxygen atoms in total. The number of aryl methyl sites for hydroxylation is 3. The Labute approximate surface area is 177 Å². The Hall–Kier alpha value is -2.98. The number of oxazole rings is 1. The zero-order chi connectivity index (χ0) is 20.9. The second-order valence-corrected chi connectivity index (χ2v) is 7.97. The van der Waals surface area contributed by atoms with Crippen LogP contribution in [0, 0.1) is 13.8 Å². The molecule has 1 unspecified atom stereocenters. The number of unbranched alkanes of at least 4 members (excludes halogenated alkanes) is 2. The molecule has 0 saturated carbocycles. The van der Waals surface area contributed by atoms with E-state index in [2.05, 4.69) is 66.3 Å². The van der Waals surface area contributed by atoms with E-state index in [-0.39, 0.29) is 0 Å². The Kier molecular flexibility index (Phi) is 6.24. The molecule has 0 aliphatic carbocycles. The van der Waals surface area contributed by atoms with Gasteiger partial charge in [0.15, 0.2) is 11.2 Å². The number of aliphatic hydroxyl groups excluding tert-OH is 1. The molecule has 0 bridgehead atoms. The molecular formula is C26H28N2O2. The molecule has 0 spiro atoms. The van der Waals surface area contributed by atoms with Crippen LogP contribution < -0.4 is 0 Å². The lowest BCUT2D eigenvalue weighted by Crippen LogP contribution is -1.98. The standard InChI is InChI=1S/C26H28N2O2/c1-18-10-9-11-19(2)24(18)21-16-23-25(27-17-21)28-26(30-23)22(29)15-8-4-7-14-20-12-5-3-6-13-20/h3,5-6,9-13,16-17,22,29H,4,7-8,14-15H2,1-2H3. The SMILES string of the molecule is Cc1cccc(C)c1-c1cnc2nc(C(O)CCCCCc3ccccc3)oc2c1. The van der Waals surface area contributed by atoms with Gasteiger partial charge in [0, 0.05) is 11.8 Å². The molecule has 0 radical (unpaired) electrons. The molecule has 0 aliphatic rings. The number of aliphatic hydroxyl groups is 1. The van der Waals surface area contributed by atoms with Crippen molar-refractivity contribution in [3.8, 4) is 11.1 Å². The van der Waals surface area contributed by atoms with Gasteiger partial charge in [0.1, 0.15) is 6.10 Å². The first-order valence-electron chi connectivity index (χ1n) is 10.7. The molecule has 0 aliphatic heterocycles. The fourth-order valence-corrected chi connectivity index (χ4v) is 4.00. The maximum Gasteiger partial charge on any atom is 0.225 e. The van der Waals surface area contributed by atoms with E-state index in [4.69, 9.17) is 4.42 Å². The van der Waals surface area contributed by atoms with E-state index in [9.17, 15) is 5.11 Å². The molecular weight excluding hydrogens is 372 g/mol.